The lowest BCUT2D eigenvalue weighted by atomic mass is 9.90. The van der Waals surface area contributed by atoms with E-state index in [1.165, 1.54) is 12.1 Å². The number of aromatic carboxylic acids is 3. The van der Waals surface area contributed by atoms with Crippen LogP contribution < -0.4 is 0 Å². The van der Waals surface area contributed by atoms with Gasteiger partial charge in [-0.1, -0.05) is 91.0 Å². The van der Waals surface area contributed by atoms with E-state index in [9.17, 15) is 29.7 Å². The summed E-state index contributed by atoms with van der Waals surface area (Å²) in [4.78, 5) is 34.4. The van der Waals surface area contributed by atoms with Crippen LogP contribution in [0.15, 0.2) is 109 Å². The van der Waals surface area contributed by atoms with Crippen molar-refractivity contribution < 1.29 is 34.8 Å². The molecular weight excluding hydrogens is 508 g/mol. The predicted octanol–water partition coefficient (Wildman–Crippen LogP) is 7.30. The fourth-order valence-corrected chi connectivity index (χ4v) is 4.94. The number of phenolic OH excluding ortho intramolecular Hbond substituents is 1. The molecule has 0 saturated carbocycles. The van der Waals surface area contributed by atoms with Gasteiger partial charge in [0.05, 0.1) is 16.7 Å². The van der Waals surface area contributed by atoms with Gasteiger partial charge in [-0.05, 0) is 45.3 Å². The van der Waals surface area contributed by atoms with Crippen LogP contribution >= 0.6 is 0 Å². The Labute approximate surface area is 227 Å². The molecule has 6 aromatic carbocycles. The van der Waals surface area contributed by atoms with Crippen LogP contribution in [0.2, 0.25) is 0 Å². The zero-order valence-corrected chi connectivity index (χ0v) is 20.9. The van der Waals surface area contributed by atoms with E-state index in [1.807, 2.05) is 30.3 Å². The molecule has 0 spiro atoms. The van der Waals surface area contributed by atoms with Crippen LogP contribution in [0.25, 0.3) is 43.4 Å². The topological polar surface area (TPSA) is 132 Å². The van der Waals surface area contributed by atoms with Crippen LogP contribution in [-0.2, 0) is 0 Å². The molecule has 0 amide bonds. The molecule has 4 N–H and O–H groups in total. The average Bonchev–Trinajstić information content (AvgIpc) is 2.96. The molecule has 0 aliphatic carbocycles. The maximum absolute atomic E-state index is 12.1. The highest BCUT2D eigenvalue weighted by Gasteiger charge is 2.20. The zero-order valence-electron chi connectivity index (χ0n) is 20.9. The molecule has 0 heterocycles. The number of carboxylic acid groups (broad SMARTS) is 3. The minimum absolute atomic E-state index is 0.0306. The van der Waals surface area contributed by atoms with E-state index >= 15 is 0 Å². The lowest BCUT2D eigenvalue weighted by Gasteiger charge is -2.14. The highest BCUT2D eigenvalue weighted by molar-refractivity contribution is 6.15. The molecular formula is C33H22O7. The standard InChI is InChI=1S/C22H14O5.C11H8O2/c23-19-11-18(20(22(26)27)16-6-2-1-5-15(16)19)14-9-3-8-13-12(14)7-4-10-17(13)21(24)25;12-11(13)10-7-3-5-8-4-1-2-6-9(8)10/h1-11,23H,(H,24,25)(H,26,27);1-7H,(H,12,13). The molecule has 7 heteroatoms. The Balaban J connectivity index is 0.000000207. The third kappa shape index (κ3) is 4.68. The molecule has 0 aliphatic rings. The summed E-state index contributed by atoms with van der Waals surface area (Å²) in [7, 11) is 0. The molecule has 0 bridgehead atoms. The molecule has 40 heavy (non-hydrogen) atoms. The monoisotopic (exact) mass is 530 g/mol. The van der Waals surface area contributed by atoms with E-state index in [0.717, 1.165) is 10.8 Å². The first kappa shape index (κ1) is 25.9. The average molecular weight is 531 g/mol. The number of phenols is 1. The molecule has 6 rings (SSSR count). The minimum atomic E-state index is -1.12. The third-order valence-electron chi connectivity index (χ3n) is 6.70. The van der Waals surface area contributed by atoms with Gasteiger partial charge in [0.25, 0.3) is 0 Å². The number of fused-ring (bicyclic) bond motifs is 3. The highest BCUT2D eigenvalue weighted by Crippen LogP contribution is 2.39. The predicted molar refractivity (Wildman–Crippen MR) is 153 cm³/mol. The van der Waals surface area contributed by atoms with Crippen LogP contribution in [0.3, 0.4) is 0 Å². The summed E-state index contributed by atoms with van der Waals surface area (Å²) in [6.45, 7) is 0. The van der Waals surface area contributed by atoms with Gasteiger partial charge in [-0.2, -0.15) is 0 Å². The van der Waals surface area contributed by atoms with Crippen molar-refractivity contribution in [1.82, 2.24) is 0 Å². The van der Waals surface area contributed by atoms with Gasteiger partial charge in [0.15, 0.2) is 0 Å². The van der Waals surface area contributed by atoms with E-state index in [4.69, 9.17) is 5.11 Å². The fourth-order valence-electron chi connectivity index (χ4n) is 4.94. The fraction of sp³-hybridized carbons (Fsp3) is 0. The smallest absolute Gasteiger partial charge is 0.336 e. The first-order valence-electron chi connectivity index (χ1n) is 12.2. The van der Waals surface area contributed by atoms with Crippen molar-refractivity contribution in [1.29, 1.82) is 0 Å². The van der Waals surface area contributed by atoms with Crippen LogP contribution in [0.1, 0.15) is 31.1 Å². The Morgan fingerprint density at radius 3 is 1.62 bits per heavy atom. The van der Waals surface area contributed by atoms with Gasteiger partial charge in [-0.25, -0.2) is 14.4 Å². The summed E-state index contributed by atoms with van der Waals surface area (Å²) >= 11 is 0. The second kappa shape index (κ2) is 10.6. The Hall–Kier alpha value is -5.69. The Morgan fingerprint density at radius 1 is 0.450 bits per heavy atom. The zero-order chi connectivity index (χ0) is 28.4. The largest absolute Gasteiger partial charge is 0.507 e. The normalized spacial score (nSPS) is 10.7. The quantitative estimate of drug-likeness (QED) is 0.188. The van der Waals surface area contributed by atoms with Crippen molar-refractivity contribution in [2.45, 2.75) is 0 Å². The Bertz CT molecular complexity index is 1950. The maximum atomic E-state index is 12.1. The minimum Gasteiger partial charge on any atom is -0.507 e. The van der Waals surface area contributed by atoms with Gasteiger partial charge in [0, 0.05) is 16.3 Å². The number of rotatable bonds is 4. The summed E-state index contributed by atoms with van der Waals surface area (Å²) in [5.74, 6) is -3.08. The molecule has 0 aromatic heterocycles. The number of aromatic hydroxyl groups is 1. The molecule has 0 saturated heterocycles. The molecule has 0 radical (unpaired) electrons. The number of hydrogen-bond donors (Lipinski definition) is 4. The molecule has 6 aromatic rings. The molecule has 7 nitrogen and oxygen atoms in total. The van der Waals surface area contributed by atoms with Gasteiger partial charge >= 0.3 is 17.9 Å². The Kier molecular flexibility index (Phi) is 6.87. The first-order chi connectivity index (χ1) is 19.3. The summed E-state index contributed by atoms with van der Waals surface area (Å²) in [5, 5.41) is 42.4. The summed E-state index contributed by atoms with van der Waals surface area (Å²) in [6, 6.07) is 30.9. The van der Waals surface area contributed by atoms with Crippen molar-refractivity contribution in [2.75, 3.05) is 0 Å². The molecule has 0 atom stereocenters. The number of benzene rings is 6. The van der Waals surface area contributed by atoms with E-state index in [0.29, 0.717) is 38.2 Å². The number of carboxylic acids is 3. The van der Waals surface area contributed by atoms with E-state index in [-0.39, 0.29) is 16.9 Å². The number of carbonyl (C=O) groups is 3. The van der Waals surface area contributed by atoms with E-state index in [1.54, 1.807) is 66.7 Å². The van der Waals surface area contributed by atoms with Gasteiger partial charge in [-0.15, -0.1) is 0 Å². The van der Waals surface area contributed by atoms with Gasteiger partial charge in [-0.3, -0.25) is 0 Å². The maximum Gasteiger partial charge on any atom is 0.336 e. The SMILES string of the molecule is O=C(O)c1cccc2c(-c3cc(O)c4ccccc4c3C(=O)O)cccc12.O=C(O)c1cccc2ccccc12. The first-order valence-corrected chi connectivity index (χ1v) is 12.2. The van der Waals surface area contributed by atoms with Crippen molar-refractivity contribution in [3.05, 3.63) is 126 Å². The van der Waals surface area contributed by atoms with Gasteiger partial charge < -0.3 is 20.4 Å². The van der Waals surface area contributed by atoms with Crippen molar-refractivity contribution in [2.24, 2.45) is 0 Å². The highest BCUT2D eigenvalue weighted by atomic mass is 16.4. The second-order valence-electron chi connectivity index (χ2n) is 9.01. The Morgan fingerprint density at radius 2 is 0.950 bits per heavy atom. The molecule has 196 valence electrons. The number of hydrogen-bond acceptors (Lipinski definition) is 4. The summed E-state index contributed by atoms with van der Waals surface area (Å²) in [6.07, 6.45) is 0. The van der Waals surface area contributed by atoms with E-state index < -0.39 is 17.9 Å². The third-order valence-corrected chi connectivity index (χ3v) is 6.70. The van der Waals surface area contributed by atoms with Crippen molar-refractivity contribution >= 4 is 50.2 Å². The summed E-state index contributed by atoms with van der Waals surface area (Å²) < 4.78 is 0. The summed E-state index contributed by atoms with van der Waals surface area (Å²) in [5.41, 5.74) is 1.45. The van der Waals surface area contributed by atoms with Gasteiger partial charge in [0.1, 0.15) is 5.75 Å². The van der Waals surface area contributed by atoms with E-state index in [2.05, 4.69) is 0 Å². The van der Waals surface area contributed by atoms with Crippen LogP contribution in [0, 0.1) is 0 Å². The lowest BCUT2D eigenvalue weighted by molar-refractivity contribution is 0.0688. The van der Waals surface area contributed by atoms with Gasteiger partial charge in [0.2, 0.25) is 0 Å². The van der Waals surface area contributed by atoms with Crippen LogP contribution in [0.5, 0.6) is 5.75 Å². The lowest BCUT2D eigenvalue weighted by Crippen LogP contribution is -2.02. The van der Waals surface area contributed by atoms with Crippen LogP contribution in [-0.4, -0.2) is 38.3 Å². The molecule has 0 aliphatic heterocycles. The molecule has 0 unspecified atom stereocenters. The second-order valence-corrected chi connectivity index (χ2v) is 9.01. The van der Waals surface area contributed by atoms with Crippen molar-refractivity contribution in [3.8, 4) is 16.9 Å². The molecule has 0 fully saturated rings. The van der Waals surface area contributed by atoms with Crippen LogP contribution in [0.4, 0.5) is 0 Å². The van der Waals surface area contributed by atoms with Crippen molar-refractivity contribution in [3.63, 3.8) is 0 Å².